The van der Waals surface area contributed by atoms with Gasteiger partial charge in [0.1, 0.15) is 18.1 Å². The molecule has 3 rings (SSSR count). The Labute approximate surface area is 178 Å². The van der Waals surface area contributed by atoms with Crippen LogP contribution in [0, 0.1) is 6.92 Å². The molecule has 2 heterocycles. The number of nitrogens with one attached hydrogen (secondary N) is 1. The highest BCUT2D eigenvalue weighted by Crippen LogP contribution is 2.22. The molecule has 0 spiro atoms. The van der Waals surface area contributed by atoms with Crippen molar-refractivity contribution in [3.8, 4) is 5.75 Å². The van der Waals surface area contributed by atoms with Crippen LogP contribution in [0.4, 0.5) is 0 Å². The van der Waals surface area contributed by atoms with Gasteiger partial charge in [0.2, 0.25) is 0 Å². The molecule has 0 radical (unpaired) electrons. The van der Waals surface area contributed by atoms with Gasteiger partial charge in [0.15, 0.2) is 5.76 Å². The van der Waals surface area contributed by atoms with Crippen molar-refractivity contribution in [2.24, 2.45) is 0 Å². The van der Waals surface area contributed by atoms with Gasteiger partial charge in [-0.2, -0.15) is 5.10 Å². The van der Waals surface area contributed by atoms with Crippen molar-refractivity contribution in [1.82, 2.24) is 15.1 Å². The number of benzene rings is 1. The molecule has 0 aliphatic heterocycles. The Bertz CT molecular complexity index is 972. The number of carbonyl (C=O) groups excluding carboxylic acids is 1. The lowest BCUT2D eigenvalue weighted by molar-refractivity contribution is 0.0907. The van der Waals surface area contributed by atoms with E-state index in [0.717, 1.165) is 30.0 Å². The van der Waals surface area contributed by atoms with Gasteiger partial charge in [0, 0.05) is 18.3 Å². The third-order valence-electron chi connectivity index (χ3n) is 5.45. The van der Waals surface area contributed by atoms with Gasteiger partial charge >= 0.3 is 0 Å². The van der Waals surface area contributed by atoms with Gasteiger partial charge in [-0.1, -0.05) is 26.0 Å². The molecule has 2 atom stereocenters. The molecule has 0 aliphatic rings. The lowest BCUT2D eigenvalue weighted by atomic mass is 9.99. The molecule has 0 aliphatic carbocycles. The quantitative estimate of drug-likeness (QED) is 0.514. The number of aromatic nitrogens is 2. The predicted molar refractivity (Wildman–Crippen MR) is 117 cm³/mol. The third-order valence-corrected chi connectivity index (χ3v) is 5.45. The minimum atomic E-state index is -0.254. The van der Waals surface area contributed by atoms with Crippen LogP contribution in [0.15, 0.2) is 47.0 Å². The van der Waals surface area contributed by atoms with Crippen molar-refractivity contribution in [2.75, 3.05) is 0 Å². The van der Waals surface area contributed by atoms with Crippen molar-refractivity contribution in [3.63, 3.8) is 0 Å². The van der Waals surface area contributed by atoms with Crippen LogP contribution in [0.5, 0.6) is 5.75 Å². The van der Waals surface area contributed by atoms with E-state index < -0.39 is 0 Å². The zero-order valence-electron chi connectivity index (χ0n) is 18.4. The third kappa shape index (κ3) is 5.12. The van der Waals surface area contributed by atoms with Crippen LogP contribution >= 0.6 is 0 Å². The Balaban J connectivity index is 1.56. The second-order valence-electron chi connectivity index (χ2n) is 7.65. The molecule has 1 aromatic carbocycles. The Morgan fingerprint density at radius 1 is 1.17 bits per heavy atom. The highest BCUT2D eigenvalue weighted by atomic mass is 16.5. The number of amides is 1. The van der Waals surface area contributed by atoms with Gasteiger partial charge in [0.25, 0.3) is 5.91 Å². The Morgan fingerprint density at radius 3 is 2.53 bits per heavy atom. The first-order valence-corrected chi connectivity index (χ1v) is 10.6. The number of carbonyl (C=O) groups is 1. The summed E-state index contributed by atoms with van der Waals surface area (Å²) in [6.07, 6.45) is 3.07. The maximum Gasteiger partial charge on any atom is 0.287 e. The molecule has 6 heteroatoms. The molecular formula is C24H31N3O3. The summed E-state index contributed by atoms with van der Waals surface area (Å²) in [4.78, 5) is 12.6. The Kier molecular flexibility index (Phi) is 6.98. The molecule has 0 bridgehead atoms. The van der Waals surface area contributed by atoms with Gasteiger partial charge in [-0.05, 0) is 62.9 Å². The number of aryl methyl sites for hydroxylation is 2. The molecule has 30 heavy (non-hydrogen) atoms. The zero-order chi connectivity index (χ0) is 21.7. The molecule has 6 nitrogen and oxygen atoms in total. The minimum Gasteiger partial charge on any atom is -0.486 e. The van der Waals surface area contributed by atoms with Crippen molar-refractivity contribution < 1.29 is 13.9 Å². The standard InChI is InChI=1S/C24H31N3O3/c1-6-16(3)19-8-10-20(11-9-19)29-15-21-12-13-23(30-21)24(28)25-17(4)22-14-27(7-2)26-18(22)5/h8-14,16-17H,6-7,15H2,1-5H3,(H,25,28). The average molecular weight is 410 g/mol. The molecule has 2 unspecified atom stereocenters. The molecule has 160 valence electrons. The van der Waals surface area contributed by atoms with Crippen LogP contribution in [0.25, 0.3) is 0 Å². The fraction of sp³-hybridized carbons (Fsp3) is 0.417. The normalized spacial score (nSPS) is 13.1. The second-order valence-corrected chi connectivity index (χ2v) is 7.65. The Hall–Kier alpha value is -3.02. The molecule has 1 amide bonds. The highest BCUT2D eigenvalue weighted by Gasteiger charge is 2.18. The highest BCUT2D eigenvalue weighted by molar-refractivity contribution is 5.91. The average Bonchev–Trinajstić information content (AvgIpc) is 3.38. The van der Waals surface area contributed by atoms with Crippen LogP contribution in [0.1, 0.15) is 79.2 Å². The van der Waals surface area contributed by atoms with Crippen molar-refractivity contribution in [3.05, 3.63) is 70.9 Å². The van der Waals surface area contributed by atoms with Gasteiger partial charge in [-0.3, -0.25) is 9.48 Å². The maximum atomic E-state index is 12.6. The molecular weight excluding hydrogens is 378 g/mol. The predicted octanol–water partition coefficient (Wildman–Crippen LogP) is 5.39. The van der Waals surface area contributed by atoms with E-state index in [9.17, 15) is 4.79 Å². The molecule has 0 fully saturated rings. The van der Waals surface area contributed by atoms with Crippen LogP contribution in [-0.4, -0.2) is 15.7 Å². The first-order chi connectivity index (χ1) is 14.4. The van der Waals surface area contributed by atoms with Crippen molar-refractivity contribution in [1.29, 1.82) is 0 Å². The topological polar surface area (TPSA) is 69.3 Å². The van der Waals surface area contributed by atoms with Crippen molar-refractivity contribution >= 4 is 5.91 Å². The fourth-order valence-corrected chi connectivity index (χ4v) is 3.33. The molecule has 2 aromatic heterocycles. The van der Waals surface area contributed by atoms with Gasteiger partial charge < -0.3 is 14.5 Å². The molecule has 0 saturated heterocycles. The van der Waals surface area contributed by atoms with E-state index in [1.165, 1.54) is 5.56 Å². The van der Waals surface area contributed by atoms with Crippen LogP contribution < -0.4 is 10.1 Å². The van der Waals surface area contributed by atoms with Gasteiger partial charge in [-0.25, -0.2) is 0 Å². The lowest BCUT2D eigenvalue weighted by Crippen LogP contribution is -2.26. The second kappa shape index (κ2) is 9.65. The number of hydrogen-bond acceptors (Lipinski definition) is 4. The molecule has 0 saturated carbocycles. The largest absolute Gasteiger partial charge is 0.486 e. The number of furan rings is 1. The van der Waals surface area contributed by atoms with Crippen LogP contribution in [0.2, 0.25) is 0 Å². The number of hydrogen-bond donors (Lipinski definition) is 1. The SMILES string of the molecule is CCC(C)c1ccc(OCc2ccc(C(=O)NC(C)c3cn(CC)nc3C)o2)cc1. The molecule has 1 N–H and O–H groups in total. The summed E-state index contributed by atoms with van der Waals surface area (Å²) in [6.45, 7) is 11.4. The summed E-state index contributed by atoms with van der Waals surface area (Å²) in [5.41, 5.74) is 3.22. The van der Waals surface area contributed by atoms with Gasteiger partial charge in [-0.15, -0.1) is 0 Å². The lowest BCUT2D eigenvalue weighted by Gasteiger charge is -2.12. The van der Waals surface area contributed by atoms with Crippen molar-refractivity contribution in [2.45, 2.75) is 66.2 Å². The Morgan fingerprint density at radius 2 is 1.90 bits per heavy atom. The first-order valence-electron chi connectivity index (χ1n) is 10.6. The first kappa shape index (κ1) is 21.7. The summed E-state index contributed by atoms with van der Waals surface area (Å²) < 4.78 is 13.3. The summed E-state index contributed by atoms with van der Waals surface area (Å²) in [5, 5.41) is 7.41. The van der Waals surface area contributed by atoms with E-state index in [-0.39, 0.29) is 24.3 Å². The maximum absolute atomic E-state index is 12.6. The van der Waals surface area contributed by atoms with Crippen LogP contribution in [-0.2, 0) is 13.2 Å². The summed E-state index contributed by atoms with van der Waals surface area (Å²) >= 11 is 0. The number of ether oxygens (including phenoxy) is 1. The summed E-state index contributed by atoms with van der Waals surface area (Å²) in [6, 6.07) is 11.4. The van der Waals surface area contributed by atoms with E-state index in [1.807, 2.05) is 43.8 Å². The summed E-state index contributed by atoms with van der Waals surface area (Å²) in [7, 11) is 0. The van der Waals surface area contributed by atoms with Crippen LogP contribution in [0.3, 0.4) is 0 Å². The fourth-order valence-electron chi connectivity index (χ4n) is 3.33. The number of nitrogens with zero attached hydrogens (tertiary/aromatic N) is 2. The number of rotatable bonds is 9. The minimum absolute atomic E-state index is 0.161. The van der Waals surface area contributed by atoms with Gasteiger partial charge in [0.05, 0.1) is 11.7 Å². The van der Waals surface area contributed by atoms with E-state index in [2.05, 4.69) is 36.4 Å². The van der Waals surface area contributed by atoms with E-state index in [0.29, 0.717) is 11.7 Å². The van der Waals surface area contributed by atoms with E-state index in [1.54, 1.807) is 12.1 Å². The zero-order valence-corrected chi connectivity index (χ0v) is 18.4. The van der Waals surface area contributed by atoms with E-state index in [4.69, 9.17) is 9.15 Å². The molecule has 3 aromatic rings. The smallest absolute Gasteiger partial charge is 0.287 e. The van der Waals surface area contributed by atoms with E-state index >= 15 is 0 Å². The monoisotopic (exact) mass is 409 g/mol. The summed E-state index contributed by atoms with van der Waals surface area (Å²) in [5.74, 6) is 1.94.